The van der Waals surface area contributed by atoms with E-state index in [1.165, 1.54) is 6.08 Å². The summed E-state index contributed by atoms with van der Waals surface area (Å²) in [7, 11) is 1.92. The number of rotatable bonds is 4. The Hall–Kier alpha value is -3.09. The van der Waals surface area contributed by atoms with Crippen molar-refractivity contribution < 1.29 is 18.8 Å². The van der Waals surface area contributed by atoms with E-state index in [-0.39, 0.29) is 29.3 Å². The van der Waals surface area contributed by atoms with Gasteiger partial charge in [-0.05, 0) is 18.6 Å². The first-order valence-electron chi connectivity index (χ1n) is 8.20. The quantitative estimate of drug-likeness (QED) is 0.665. The number of ketones is 1. The Morgan fingerprint density at radius 1 is 1.35 bits per heavy atom. The van der Waals surface area contributed by atoms with Crippen LogP contribution in [0.3, 0.4) is 0 Å². The highest BCUT2D eigenvalue weighted by molar-refractivity contribution is 5.98. The van der Waals surface area contributed by atoms with Gasteiger partial charge in [-0.25, -0.2) is 4.79 Å². The lowest BCUT2D eigenvalue weighted by atomic mass is 9.83. The van der Waals surface area contributed by atoms with E-state index in [1.54, 1.807) is 6.92 Å². The monoisotopic (exact) mass is 355 g/mol. The summed E-state index contributed by atoms with van der Waals surface area (Å²) in [5.41, 5.74) is 8.66. The molecule has 0 radical (unpaired) electrons. The van der Waals surface area contributed by atoms with Gasteiger partial charge >= 0.3 is 5.97 Å². The van der Waals surface area contributed by atoms with Crippen molar-refractivity contribution in [3.05, 3.63) is 52.9 Å². The molecular weight excluding hydrogens is 334 g/mol. The van der Waals surface area contributed by atoms with E-state index in [1.807, 2.05) is 30.1 Å². The Kier molecular flexibility index (Phi) is 4.31. The molecule has 136 valence electrons. The summed E-state index contributed by atoms with van der Waals surface area (Å²) in [6, 6.07) is 8.00. The smallest absolute Gasteiger partial charge is 0.346 e. The van der Waals surface area contributed by atoms with Crippen LogP contribution < -0.4 is 10.6 Å². The fraction of sp³-hybridized carbons (Fsp3) is 0.316. The third-order valence-electron chi connectivity index (χ3n) is 4.68. The highest BCUT2D eigenvalue weighted by Crippen LogP contribution is 2.46. The van der Waals surface area contributed by atoms with Crippen LogP contribution in [0.1, 0.15) is 35.5 Å². The zero-order valence-corrected chi connectivity index (χ0v) is 15.2. The number of carbonyl (C=O) groups excluding carboxylic acids is 2. The predicted octanol–water partition coefficient (Wildman–Crippen LogP) is 2.60. The first-order valence-corrected chi connectivity index (χ1v) is 8.20. The van der Waals surface area contributed by atoms with Crippen LogP contribution >= 0.6 is 0 Å². The van der Waals surface area contributed by atoms with Crippen LogP contribution in [0.25, 0.3) is 0 Å². The summed E-state index contributed by atoms with van der Waals surface area (Å²) in [5, 5.41) is 3.60. The summed E-state index contributed by atoms with van der Waals surface area (Å²) in [6.07, 6.45) is 1.52. The molecule has 0 saturated carbocycles. The van der Waals surface area contributed by atoms with Crippen molar-refractivity contribution in [3.8, 4) is 0 Å². The average Bonchev–Trinajstić information content (AvgIpc) is 3.03. The molecule has 0 atom stereocenters. The highest BCUT2D eigenvalue weighted by Gasteiger charge is 2.38. The molecule has 3 rings (SSSR count). The number of allylic oxidation sites excluding steroid dienone is 1. The molecule has 0 saturated heterocycles. The van der Waals surface area contributed by atoms with Crippen LogP contribution in [-0.2, 0) is 14.9 Å². The molecule has 1 aromatic heterocycles. The van der Waals surface area contributed by atoms with Crippen molar-refractivity contribution in [2.45, 2.75) is 26.2 Å². The van der Waals surface area contributed by atoms with Gasteiger partial charge in [0.15, 0.2) is 12.4 Å². The minimum absolute atomic E-state index is 0.0520. The molecule has 1 aliphatic rings. The number of carbonyl (C=O) groups is 2. The number of aryl methyl sites for hydroxylation is 1. The fourth-order valence-corrected chi connectivity index (χ4v) is 3.30. The Bertz CT molecular complexity index is 892. The first-order chi connectivity index (χ1) is 12.2. The lowest BCUT2D eigenvalue weighted by Gasteiger charge is -2.23. The molecule has 1 aromatic carbocycles. The molecule has 0 spiro atoms. The molecule has 0 unspecified atom stereocenters. The molecule has 26 heavy (non-hydrogen) atoms. The maximum atomic E-state index is 12.4. The SMILES string of the molecule is Cc1noc(N)c1C(=O)OCC(=O)/C=C1/N(C)c2ccccc2C1(C)C. The number of esters is 1. The van der Waals surface area contributed by atoms with Gasteiger partial charge in [-0.15, -0.1) is 0 Å². The van der Waals surface area contributed by atoms with Gasteiger partial charge in [0.25, 0.3) is 0 Å². The zero-order valence-electron chi connectivity index (χ0n) is 15.2. The maximum absolute atomic E-state index is 12.4. The number of nitrogens with two attached hydrogens (primary N) is 1. The molecule has 2 N–H and O–H groups in total. The van der Waals surface area contributed by atoms with Gasteiger partial charge in [-0.1, -0.05) is 37.2 Å². The molecular formula is C19H21N3O4. The van der Waals surface area contributed by atoms with Crippen molar-refractivity contribution in [3.63, 3.8) is 0 Å². The molecule has 7 heteroatoms. The lowest BCUT2D eigenvalue weighted by Crippen LogP contribution is -2.25. The van der Waals surface area contributed by atoms with E-state index in [9.17, 15) is 9.59 Å². The van der Waals surface area contributed by atoms with Crippen LogP contribution in [0.4, 0.5) is 11.6 Å². The molecule has 0 bridgehead atoms. The van der Waals surface area contributed by atoms with Crippen LogP contribution in [-0.4, -0.2) is 30.6 Å². The average molecular weight is 355 g/mol. The number of nitrogens with zero attached hydrogens (tertiary/aromatic N) is 2. The van der Waals surface area contributed by atoms with Crippen LogP contribution in [0.5, 0.6) is 0 Å². The van der Waals surface area contributed by atoms with Crippen molar-refractivity contribution in [2.24, 2.45) is 0 Å². The van der Waals surface area contributed by atoms with Gasteiger partial charge in [-0.3, -0.25) is 4.79 Å². The van der Waals surface area contributed by atoms with E-state index in [0.717, 1.165) is 16.9 Å². The molecule has 0 aliphatic carbocycles. The van der Waals surface area contributed by atoms with Gasteiger partial charge in [0.05, 0.1) is 5.69 Å². The minimum Gasteiger partial charge on any atom is -0.454 e. The van der Waals surface area contributed by atoms with Gasteiger partial charge in [0.2, 0.25) is 5.88 Å². The Balaban J connectivity index is 1.75. The third-order valence-corrected chi connectivity index (χ3v) is 4.68. The summed E-state index contributed by atoms with van der Waals surface area (Å²) in [6.45, 7) is 5.31. The second-order valence-electron chi connectivity index (χ2n) is 6.78. The second-order valence-corrected chi connectivity index (χ2v) is 6.78. The number of hydrogen-bond donors (Lipinski definition) is 1. The third kappa shape index (κ3) is 2.85. The second kappa shape index (κ2) is 6.33. The predicted molar refractivity (Wildman–Crippen MR) is 96.9 cm³/mol. The van der Waals surface area contributed by atoms with Crippen molar-refractivity contribution >= 4 is 23.3 Å². The van der Waals surface area contributed by atoms with Crippen LogP contribution in [0, 0.1) is 6.92 Å². The minimum atomic E-state index is -0.727. The fourth-order valence-electron chi connectivity index (χ4n) is 3.30. The van der Waals surface area contributed by atoms with E-state index in [2.05, 4.69) is 25.1 Å². The number of ether oxygens (including phenoxy) is 1. The largest absolute Gasteiger partial charge is 0.454 e. The van der Waals surface area contributed by atoms with Crippen molar-refractivity contribution in [2.75, 3.05) is 24.3 Å². The maximum Gasteiger partial charge on any atom is 0.346 e. The number of aromatic nitrogens is 1. The highest BCUT2D eigenvalue weighted by atomic mass is 16.5. The number of benzene rings is 1. The number of anilines is 2. The molecule has 7 nitrogen and oxygen atoms in total. The first kappa shape index (κ1) is 17.7. The molecule has 0 fully saturated rings. The van der Waals surface area contributed by atoms with Gasteiger partial charge in [0.1, 0.15) is 5.56 Å². The van der Waals surface area contributed by atoms with Gasteiger partial charge in [-0.2, -0.15) is 0 Å². The van der Waals surface area contributed by atoms with Crippen molar-refractivity contribution in [1.82, 2.24) is 5.16 Å². The van der Waals surface area contributed by atoms with Gasteiger partial charge in [0, 0.05) is 29.9 Å². The van der Waals surface area contributed by atoms with E-state index < -0.39 is 5.97 Å². The van der Waals surface area contributed by atoms with Gasteiger partial charge < -0.3 is 19.9 Å². The summed E-state index contributed by atoms with van der Waals surface area (Å²) in [4.78, 5) is 26.4. The molecule has 0 amide bonds. The molecule has 2 heterocycles. The van der Waals surface area contributed by atoms with Crippen LogP contribution in [0.2, 0.25) is 0 Å². The topological polar surface area (TPSA) is 98.7 Å². The Morgan fingerprint density at radius 2 is 2.04 bits per heavy atom. The molecule has 1 aliphatic heterocycles. The Labute approximate surface area is 151 Å². The normalized spacial score (nSPS) is 16.6. The number of nitrogen functional groups attached to an aromatic ring is 1. The molecule has 2 aromatic rings. The summed E-state index contributed by atoms with van der Waals surface area (Å²) < 4.78 is 9.80. The number of para-hydroxylation sites is 1. The Morgan fingerprint density at radius 3 is 2.65 bits per heavy atom. The van der Waals surface area contributed by atoms with Crippen LogP contribution in [0.15, 0.2) is 40.6 Å². The van der Waals surface area contributed by atoms with E-state index >= 15 is 0 Å². The lowest BCUT2D eigenvalue weighted by molar-refractivity contribution is -0.117. The van der Waals surface area contributed by atoms with E-state index in [4.69, 9.17) is 15.0 Å². The number of hydrogen-bond acceptors (Lipinski definition) is 7. The summed E-state index contributed by atoms with van der Waals surface area (Å²) in [5.74, 6) is -1.16. The zero-order chi connectivity index (χ0) is 19.1. The van der Waals surface area contributed by atoms with E-state index in [0.29, 0.717) is 5.69 Å². The van der Waals surface area contributed by atoms with Crippen molar-refractivity contribution in [1.29, 1.82) is 0 Å². The number of fused-ring (bicyclic) bond motifs is 1. The standard InChI is InChI=1S/C19H21N3O4/c1-11-16(17(20)26-21-11)18(24)25-10-12(23)9-15-19(2,3)13-7-5-6-8-14(13)22(15)4/h5-9H,10,20H2,1-4H3/b15-9+. The number of likely N-dealkylation sites (N-methyl/N-ethyl adjacent to an activating group) is 1. The summed E-state index contributed by atoms with van der Waals surface area (Å²) >= 11 is 0.